The van der Waals surface area contributed by atoms with Gasteiger partial charge in [-0.2, -0.15) is 4.98 Å². The second kappa shape index (κ2) is 9.39. The van der Waals surface area contributed by atoms with E-state index >= 15 is 0 Å². The maximum atomic E-state index is 11.9. The number of thioether (sulfide) groups is 1. The lowest BCUT2D eigenvalue weighted by Gasteiger charge is -1.99. The highest BCUT2D eigenvalue weighted by molar-refractivity contribution is 7.98. The van der Waals surface area contributed by atoms with Gasteiger partial charge in [0, 0.05) is 34.5 Å². The summed E-state index contributed by atoms with van der Waals surface area (Å²) in [5.74, 6) is 0.771. The third kappa shape index (κ3) is 5.70. The summed E-state index contributed by atoms with van der Waals surface area (Å²) >= 11 is 7.65. The predicted molar refractivity (Wildman–Crippen MR) is 109 cm³/mol. The molecule has 1 amide bonds. The summed E-state index contributed by atoms with van der Waals surface area (Å²) in [5, 5.41) is 7.36. The van der Waals surface area contributed by atoms with E-state index in [1.807, 2.05) is 42.7 Å². The van der Waals surface area contributed by atoms with Crippen LogP contribution in [0.1, 0.15) is 11.5 Å². The second-order valence-electron chi connectivity index (χ2n) is 5.67. The van der Waals surface area contributed by atoms with Crippen LogP contribution in [0.3, 0.4) is 0 Å². The van der Waals surface area contributed by atoms with E-state index in [9.17, 15) is 4.79 Å². The van der Waals surface area contributed by atoms with Crippen LogP contribution in [0, 0.1) is 0 Å². The number of benzene rings is 2. The van der Waals surface area contributed by atoms with Gasteiger partial charge in [-0.15, -0.1) is 11.8 Å². The van der Waals surface area contributed by atoms with E-state index in [-0.39, 0.29) is 5.91 Å². The fraction of sp³-hybridized carbons (Fsp3) is 0.150. The van der Waals surface area contributed by atoms with Crippen molar-refractivity contribution in [3.05, 3.63) is 71.1 Å². The Kier molecular flexibility index (Phi) is 6.68. The summed E-state index contributed by atoms with van der Waals surface area (Å²) in [5.41, 5.74) is 1.77. The van der Waals surface area contributed by atoms with Gasteiger partial charge in [0.2, 0.25) is 17.6 Å². The first-order valence-electron chi connectivity index (χ1n) is 8.32. The molecule has 0 aliphatic rings. The molecule has 0 aliphatic carbocycles. The Balaban J connectivity index is 1.48. The lowest BCUT2D eigenvalue weighted by atomic mass is 10.2. The van der Waals surface area contributed by atoms with Gasteiger partial charge in [-0.3, -0.25) is 4.79 Å². The molecule has 0 fully saturated rings. The van der Waals surface area contributed by atoms with E-state index in [1.165, 1.54) is 11.0 Å². The van der Waals surface area contributed by atoms with E-state index in [1.54, 1.807) is 30.0 Å². The second-order valence-corrected chi connectivity index (χ2v) is 6.99. The quantitative estimate of drug-likeness (QED) is 0.468. The zero-order chi connectivity index (χ0) is 19.1. The SMILES string of the molecule is CSc1ccc(/C=C/C(=O)NCCc2nc(-c3cccc(Cl)c3)no2)cc1. The van der Waals surface area contributed by atoms with Gasteiger partial charge in [-0.25, -0.2) is 0 Å². The molecule has 0 radical (unpaired) electrons. The maximum absolute atomic E-state index is 11.9. The van der Waals surface area contributed by atoms with Crippen LogP contribution in [0.5, 0.6) is 0 Å². The summed E-state index contributed by atoms with van der Waals surface area (Å²) in [4.78, 5) is 17.4. The van der Waals surface area contributed by atoms with Crippen LogP contribution in [0.15, 0.2) is 64.0 Å². The van der Waals surface area contributed by atoms with Crippen molar-refractivity contribution in [3.63, 3.8) is 0 Å². The first-order chi connectivity index (χ1) is 13.1. The molecule has 0 saturated heterocycles. The number of nitrogens with one attached hydrogen (secondary N) is 1. The van der Waals surface area contributed by atoms with Crippen molar-refractivity contribution >= 4 is 35.3 Å². The number of carbonyl (C=O) groups excluding carboxylic acids is 1. The third-order valence-corrected chi connectivity index (χ3v) is 4.71. The molecule has 27 heavy (non-hydrogen) atoms. The minimum Gasteiger partial charge on any atom is -0.352 e. The fourth-order valence-corrected chi connectivity index (χ4v) is 2.94. The number of carbonyl (C=O) groups is 1. The molecule has 1 heterocycles. The van der Waals surface area contributed by atoms with Crippen LogP contribution in [-0.4, -0.2) is 28.8 Å². The number of amides is 1. The smallest absolute Gasteiger partial charge is 0.244 e. The lowest BCUT2D eigenvalue weighted by Crippen LogP contribution is -2.23. The predicted octanol–water partition coefficient (Wildman–Crippen LogP) is 4.48. The molecule has 1 N–H and O–H groups in total. The minimum absolute atomic E-state index is 0.168. The number of rotatable bonds is 7. The van der Waals surface area contributed by atoms with Crippen molar-refractivity contribution in [1.29, 1.82) is 0 Å². The zero-order valence-electron chi connectivity index (χ0n) is 14.7. The van der Waals surface area contributed by atoms with Crippen LogP contribution in [-0.2, 0) is 11.2 Å². The van der Waals surface area contributed by atoms with Gasteiger partial charge in [0.25, 0.3) is 0 Å². The topological polar surface area (TPSA) is 68.0 Å². The van der Waals surface area contributed by atoms with Crippen molar-refractivity contribution in [2.75, 3.05) is 12.8 Å². The van der Waals surface area contributed by atoms with Crippen molar-refractivity contribution in [1.82, 2.24) is 15.5 Å². The number of halogens is 1. The Morgan fingerprint density at radius 3 is 2.81 bits per heavy atom. The number of aromatic nitrogens is 2. The van der Waals surface area contributed by atoms with E-state index in [0.29, 0.717) is 29.7 Å². The van der Waals surface area contributed by atoms with Gasteiger partial charge in [-0.1, -0.05) is 41.0 Å². The van der Waals surface area contributed by atoms with Gasteiger partial charge in [0.15, 0.2) is 0 Å². The van der Waals surface area contributed by atoms with Gasteiger partial charge < -0.3 is 9.84 Å². The molecule has 0 saturated carbocycles. The van der Waals surface area contributed by atoms with Crippen LogP contribution >= 0.6 is 23.4 Å². The summed E-state index contributed by atoms with van der Waals surface area (Å²) in [7, 11) is 0. The van der Waals surface area contributed by atoms with Gasteiger partial charge in [0.05, 0.1) is 0 Å². The van der Waals surface area contributed by atoms with E-state index in [2.05, 4.69) is 15.5 Å². The van der Waals surface area contributed by atoms with Crippen molar-refractivity contribution in [2.24, 2.45) is 0 Å². The summed E-state index contributed by atoms with van der Waals surface area (Å²) in [6.45, 7) is 0.408. The first-order valence-corrected chi connectivity index (χ1v) is 9.93. The molecule has 0 unspecified atom stereocenters. The largest absolute Gasteiger partial charge is 0.352 e. The van der Waals surface area contributed by atoms with Crippen molar-refractivity contribution in [3.8, 4) is 11.4 Å². The number of hydrogen-bond donors (Lipinski definition) is 1. The Hall–Kier alpha value is -2.57. The summed E-state index contributed by atoms with van der Waals surface area (Å²) < 4.78 is 5.22. The Morgan fingerprint density at radius 2 is 2.07 bits per heavy atom. The van der Waals surface area contributed by atoms with Crippen LogP contribution in [0.4, 0.5) is 0 Å². The molecule has 3 rings (SSSR count). The highest BCUT2D eigenvalue weighted by Gasteiger charge is 2.09. The average molecular weight is 400 g/mol. The summed E-state index contributed by atoms with van der Waals surface area (Å²) in [6.07, 6.45) is 5.78. The number of nitrogens with zero attached hydrogens (tertiary/aromatic N) is 2. The van der Waals surface area contributed by atoms with E-state index in [4.69, 9.17) is 16.1 Å². The normalized spacial score (nSPS) is 11.0. The van der Waals surface area contributed by atoms with Gasteiger partial charge >= 0.3 is 0 Å². The van der Waals surface area contributed by atoms with Crippen LogP contribution in [0.2, 0.25) is 5.02 Å². The molecule has 0 atom stereocenters. The standard InChI is InChI=1S/C20H18ClN3O2S/c1-27-17-8-5-14(6-9-17)7-10-18(25)22-12-11-19-23-20(24-26-19)15-3-2-4-16(21)13-15/h2-10,13H,11-12H2,1H3,(H,22,25)/b10-7+. The molecule has 3 aromatic rings. The summed E-state index contributed by atoms with van der Waals surface area (Å²) in [6, 6.07) is 15.2. The Morgan fingerprint density at radius 1 is 1.26 bits per heavy atom. The minimum atomic E-state index is -0.168. The number of hydrogen-bond acceptors (Lipinski definition) is 5. The lowest BCUT2D eigenvalue weighted by molar-refractivity contribution is -0.116. The molecular weight excluding hydrogens is 382 g/mol. The first kappa shape index (κ1) is 19.2. The van der Waals surface area contributed by atoms with Crippen molar-refractivity contribution < 1.29 is 9.32 Å². The van der Waals surface area contributed by atoms with E-state index in [0.717, 1.165) is 11.1 Å². The monoisotopic (exact) mass is 399 g/mol. The highest BCUT2D eigenvalue weighted by Crippen LogP contribution is 2.20. The average Bonchev–Trinajstić information content (AvgIpc) is 3.16. The Labute approximate surface area is 166 Å². The molecule has 0 spiro atoms. The molecule has 0 bridgehead atoms. The molecule has 7 heteroatoms. The van der Waals surface area contributed by atoms with Gasteiger partial charge in [0.1, 0.15) is 0 Å². The molecular formula is C20H18ClN3O2S. The zero-order valence-corrected chi connectivity index (χ0v) is 16.3. The third-order valence-electron chi connectivity index (χ3n) is 3.73. The Bertz CT molecular complexity index is 938. The molecule has 1 aromatic heterocycles. The molecule has 138 valence electrons. The fourth-order valence-electron chi connectivity index (χ4n) is 2.34. The highest BCUT2D eigenvalue weighted by atomic mass is 35.5. The van der Waals surface area contributed by atoms with Crippen LogP contribution in [0.25, 0.3) is 17.5 Å². The van der Waals surface area contributed by atoms with Crippen LogP contribution < -0.4 is 5.32 Å². The molecule has 2 aromatic carbocycles. The van der Waals surface area contributed by atoms with Crippen molar-refractivity contribution in [2.45, 2.75) is 11.3 Å². The maximum Gasteiger partial charge on any atom is 0.244 e. The van der Waals surface area contributed by atoms with E-state index < -0.39 is 0 Å². The molecule has 0 aliphatic heterocycles. The van der Waals surface area contributed by atoms with Gasteiger partial charge in [-0.05, 0) is 42.2 Å². The molecule has 5 nitrogen and oxygen atoms in total.